The Labute approximate surface area is 177 Å². The molecule has 0 unspecified atom stereocenters. The quantitative estimate of drug-likeness (QED) is 0.493. The third-order valence-electron chi connectivity index (χ3n) is 3.97. The van der Waals surface area contributed by atoms with Gasteiger partial charge in [0.05, 0.1) is 0 Å². The smallest absolute Gasteiger partial charge is 0.291 e. The summed E-state index contributed by atoms with van der Waals surface area (Å²) < 4.78 is 12.2. The summed E-state index contributed by atoms with van der Waals surface area (Å²) in [5.74, 6) is 0.805. The zero-order chi connectivity index (χ0) is 20.8. The number of nitrogens with one attached hydrogen (secondary N) is 2. The lowest BCUT2D eigenvalue weighted by molar-refractivity contribution is -0.118. The molecule has 3 rings (SSSR count). The Morgan fingerprint density at radius 2 is 1.72 bits per heavy atom. The molecular formula is C22H21BrN2O4. The lowest BCUT2D eigenvalue weighted by atomic mass is 10.2. The van der Waals surface area contributed by atoms with Gasteiger partial charge >= 0.3 is 0 Å². The fourth-order valence-corrected chi connectivity index (χ4v) is 2.82. The molecule has 6 nitrogen and oxygen atoms in total. The molecule has 0 saturated heterocycles. The molecule has 0 aliphatic rings. The van der Waals surface area contributed by atoms with E-state index in [2.05, 4.69) is 26.6 Å². The minimum atomic E-state index is -0.383. The molecule has 0 atom stereocenters. The molecule has 0 fully saturated rings. The second-order valence-electron chi connectivity index (χ2n) is 6.69. The SMILES string of the molecule is CC(C)C(=O)Nc1cccc(NC(=O)c2ccc(COc3cccc(Br)c3)o2)c1. The average Bonchev–Trinajstić information content (AvgIpc) is 3.16. The van der Waals surface area contributed by atoms with Gasteiger partial charge in [-0.15, -0.1) is 0 Å². The van der Waals surface area contributed by atoms with Crippen LogP contribution in [0.3, 0.4) is 0 Å². The summed E-state index contributed by atoms with van der Waals surface area (Å²) in [4.78, 5) is 24.3. The van der Waals surface area contributed by atoms with Crippen LogP contribution in [-0.2, 0) is 11.4 Å². The van der Waals surface area contributed by atoms with Gasteiger partial charge in [-0.2, -0.15) is 0 Å². The first-order valence-electron chi connectivity index (χ1n) is 9.10. The number of ether oxygens (including phenoxy) is 1. The first-order valence-corrected chi connectivity index (χ1v) is 9.89. The first-order chi connectivity index (χ1) is 13.9. The molecule has 2 N–H and O–H groups in total. The Kier molecular flexibility index (Phi) is 6.72. The highest BCUT2D eigenvalue weighted by molar-refractivity contribution is 9.10. The van der Waals surface area contributed by atoms with Gasteiger partial charge in [-0.05, 0) is 48.5 Å². The van der Waals surface area contributed by atoms with Gasteiger partial charge in [0, 0.05) is 21.8 Å². The Balaban J connectivity index is 1.59. The molecule has 2 aromatic carbocycles. The predicted molar refractivity (Wildman–Crippen MR) is 115 cm³/mol. The summed E-state index contributed by atoms with van der Waals surface area (Å²) in [5.41, 5.74) is 1.17. The van der Waals surface area contributed by atoms with E-state index in [0.29, 0.717) is 22.9 Å². The van der Waals surface area contributed by atoms with Crippen molar-refractivity contribution in [2.24, 2.45) is 5.92 Å². The number of amides is 2. The summed E-state index contributed by atoms with van der Waals surface area (Å²) in [5, 5.41) is 5.57. The number of carbonyl (C=O) groups is 2. The third-order valence-corrected chi connectivity index (χ3v) is 4.47. The van der Waals surface area contributed by atoms with Crippen LogP contribution in [0.15, 0.2) is 69.6 Å². The maximum Gasteiger partial charge on any atom is 0.291 e. The van der Waals surface area contributed by atoms with E-state index in [-0.39, 0.29) is 30.1 Å². The molecule has 0 radical (unpaired) electrons. The maximum atomic E-state index is 12.4. The predicted octanol–water partition coefficient (Wildman–Crippen LogP) is 5.47. The number of carbonyl (C=O) groups excluding carboxylic acids is 2. The Morgan fingerprint density at radius 1 is 1.00 bits per heavy atom. The van der Waals surface area contributed by atoms with Crippen molar-refractivity contribution >= 4 is 39.1 Å². The molecule has 150 valence electrons. The van der Waals surface area contributed by atoms with Gasteiger partial charge in [-0.1, -0.05) is 41.9 Å². The van der Waals surface area contributed by atoms with E-state index >= 15 is 0 Å². The zero-order valence-electron chi connectivity index (χ0n) is 16.1. The number of benzene rings is 2. The first kappa shape index (κ1) is 20.7. The molecule has 3 aromatic rings. The van der Waals surface area contributed by atoms with Crippen molar-refractivity contribution in [2.75, 3.05) is 10.6 Å². The number of anilines is 2. The van der Waals surface area contributed by atoms with Gasteiger partial charge in [0.2, 0.25) is 5.91 Å². The molecule has 0 bridgehead atoms. The van der Waals surface area contributed by atoms with Crippen molar-refractivity contribution in [3.63, 3.8) is 0 Å². The van der Waals surface area contributed by atoms with Gasteiger partial charge < -0.3 is 19.8 Å². The number of hydrogen-bond donors (Lipinski definition) is 2. The number of furan rings is 1. The minimum absolute atomic E-state index is 0.0883. The van der Waals surface area contributed by atoms with E-state index in [1.165, 1.54) is 0 Å². The Hall–Kier alpha value is -3.06. The van der Waals surface area contributed by atoms with Gasteiger partial charge in [0.1, 0.15) is 18.1 Å². The van der Waals surface area contributed by atoms with Gasteiger partial charge in [0.15, 0.2) is 5.76 Å². The third kappa shape index (κ3) is 5.96. The highest BCUT2D eigenvalue weighted by Crippen LogP contribution is 2.20. The summed E-state index contributed by atoms with van der Waals surface area (Å²) in [6.07, 6.45) is 0. The molecule has 29 heavy (non-hydrogen) atoms. The van der Waals surface area contributed by atoms with E-state index in [4.69, 9.17) is 9.15 Å². The monoisotopic (exact) mass is 456 g/mol. The van der Waals surface area contributed by atoms with Crippen LogP contribution in [0, 0.1) is 5.92 Å². The molecule has 1 aromatic heterocycles. The van der Waals surface area contributed by atoms with E-state index in [9.17, 15) is 9.59 Å². The molecule has 0 saturated carbocycles. The largest absolute Gasteiger partial charge is 0.486 e. The van der Waals surface area contributed by atoms with Crippen molar-refractivity contribution in [1.29, 1.82) is 0 Å². The summed E-state index contributed by atoms with van der Waals surface area (Å²) >= 11 is 3.39. The van der Waals surface area contributed by atoms with E-state index < -0.39 is 0 Å². The van der Waals surface area contributed by atoms with Crippen molar-refractivity contribution in [3.8, 4) is 5.75 Å². The van der Waals surface area contributed by atoms with Crippen LogP contribution in [0.25, 0.3) is 0 Å². The highest BCUT2D eigenvalue weighted by Gasteiger charge is 2.13. The van der Waals surface area contributed by atoms with Crippen molar-refractivity contribution in [3.05, 3.63) is 76.7 Å². The van der Waals surface area contributed by atoms with Gasteiger partial charge in [-0.25, -0.2) is 0 Å². The Bertz CT molecular complexity index is 1010. The summed E-state index contributed by atoms with van der Waals surface area (Å²) in [7, 11) is 0. The Morgan fingerprint density at radius 3 is 2.45 bits per heavy atom. The normalized spacial score (nSPS) is 10.6. The maximum absolute atomic E-state index is 12.4. The second kappa shape index (κ2) is 9.43. The lowest BCUT2D eigenvalue weighted by Gasteiger charge is -2.09. The van der Waals surface area contributed by atoms with Gasteiger partial charge in [0.25, 0.3) is 5.91 Å². The summed E-state index contributed by atoms with van der Waals surface area (Å²) in [6.45, 7) is 3.84. The standard InChI is InChI=1S/C22H21BrN2O4/c1-14(2)21(26)24-16-6-4-7-17(12-16)25-22(27)20-10-9-19(29-20)13-28-18-8-3-5-15(23)11-18/h3-12,14H,13H2,1-2H3,(H,24,26)(H,25,27). The average molecular weight is 457 g/mol. The van der Waals surface area contributed by atoms with E-state index in [0.717, 1.165) is 4.47 Å². The summed E-state index contributed by atoms with van der Waals surface area (Å²) in [6, 6.07) is 17.7. The molecule has 0 aliphatic heterocycles. The molecule has 1 heterocycles. The lowest BCUT2D eigenvalue weighted by Crippen LogP contribution is -2.18. The number of rotatable bonds is 7. The van der Waals surface area contributed by atoms with Crippen LogP contribution in [0.4, 0.5) is 11.4 Å². The number of hydrogen-bond acceptors (Lipinski definition) is 4. The van der Waals surface area contributed by atoms with Crippen molar-refractivity contribution in [1.82, 2.24) is 0 Å². The second-order valence-corrected chi connectivity index (χ2v) is 7.61. The van der Waals surface area contributed by atoms with Crippen LogP contribution in [0.1, 0.15) is 30.2 Å². The fraction of sp³-hybridized carbons (Fsp3) is 0.182. The van der Waals surface area contributed by atoms with Crippen molar-refractivity contribution < 1.29 is 18.7 Å². The molecular weight excluding hydrogens is 436 g/mol. The van der Waals surface area contributed by atoms with Crippen LogP contribution in [0.5, 0.6) is 5.75 Å². The minimum Gasteiger partial charge on any atom is -0.486 e. The molecule has 0 aliphatic carbocycles. The van der Waals surface area contributed by atoms with Crippen LogP contribution < -0.4 is 15.4 Å². The van der Waals surface area contributed by atoms with Gasteiger partial charge in [-0.3, -0.25) is 9.59 Å². The zero-order valence-corrected chi connectivity index (χ0v) is 17.7. The van der Waals surface area contributed by atoms with Crippen LogP contribution in [0.2, 0.25) is 0 Å². The molecule has 0 spiro atoms. The van der Waals surface area contributed by atoms with Crippen LogP contribution >= 0.6 is 15.9 Å². The van der Waals surface area contributed by atoms with E-state index in [1.807, 2.05) is 38.1 Å². The highest BCUT2D eigenvalue weighted by atomic mass is 79.9. The number of halogens is 1. The van der Waals surface area contributed by atoms with Crippen LogP contribution in [-0.4, -0.2) is 11.8 Å². The molecule has 7 heteroatoms. The molecule has 2 amide bonds. The van der Waals surface area contributed by atoms with Crippen molar-refractivity contribution in [2.45, 2.75) is 20.5 Å². The van der Waals surface area contributed by atoms with E-state index in [1.54, 1.807) is 36.4 Å². The topological polar surface area (TPSA) is 80.6 Å². The fourth-order valence-electron chi connectivity index (χ4n) is 2.44.